The molecule has 106 valence electrons. The van der Waals surface area contributed by atoms with Gasteiger partial charge in [0.2, 0.25) is 0 Å². The number of nitrogens with one attached hydrogen (secondary N) is 1. The highest BCUT2D eigenvalue weighted by atomic mass is 16.5. The first-order chi connectivity index (χ1) is 9.10. The van der Waals surface area contributed by atoms with Gasteiger partial charge in [0.05, 0.1) is 7.11 Å². The first-order valence-electron chi connectivity index (χ1n) is 7.50. The molecule has 1 N–H and O–H groups in total. The van der Waals surface area contributed by atoms with E-state index in [1.807, 2.05) is 6.07 Å². The summed E-state index contributed by atoms with van der Waals surface area (Å²) in [6.07, 6.45) is 4.00. The van der Waals surface area contributed by atoms with Crippen LogP contribution in [-0.4, -0.2) is 13.2 Å². The number of ether oxygens (including phenoxy) is 1. The van der Waals surface area contributed by atoms with E-state index in [1.54, 1.807) is 7.11 Å². The third kappa shape index (κ3) is 3.65. The monoisotopic (exact) mass is 261 g/mol. The van der Waals surface area contributed by atoms with Crippen molar-refractivity contribution >= 4 is 5.69 Å². The normalized spacial score (nSPS) is 27.3. The summed E-state index contributed by atoms with van der Waals surface area (Å²) in [5.74, 6) is 3.28. The minimum absolute atomic E-state index is 0.593. The quantitative estimate of drug-likeness (QED) is 0.857. The summed E-state index contributed by atoms with van der Waals surface area (Å²) in [5.41, 5.74) is 1.18. The molecule has 0 bridgehead atoms. The molecule has 1 saturated carbocycles. The maximum atomic E-state index is 5.30. The molecule has 3 atom stereocenters. The van der Waals surface area contributed by atoms with Gasteiger partial charge in [0.1, 0.15) is 5.75 Å². The predicted molar refractivity (Wildman–Crippen MR) is 81.7 cm³/mol. The van der Waals surface area contributed by atoms with E-state index in [1.165, 1.54) is 24.9 Å². The summed E-state index contributed by atoms with van der Waals surface area (Å²) in [5, 5.41) is 3.74. The SMILES string of the molecule is COc1cccc(N[C@@H]2C[C@@H](C)CC[C@@H]2C(C)C)c1. The molecule has 0 spiro atoms. The van der Waals surface area contributed by atoms with Crippen LogP contribution in [0.25, 0.3) is 0 Å². The minimum atomic E-state index is 0.593. The second-order valence-corrected chi connectivity index (χ2v) is 6.31. The fourth-order valence-electron chi connectivity index (χ4n) is 3.30. The van der Waals surface area contributed by atoms with Crippen molar-refractivity contribution in [1.82, 2.24) is 0 Å². The maximum Gasteiger partial charge on any atom is 0.120 e. The second-order valence-electron chi connectivity index (χ2n) is 6.31. The standard InChI is InChI=1S/C17H27NO/c1-12(2)16-9-8-13(3)10-17(16)18-14-6-5-7-15(11-14)19-4/h5-7,11-13,16-18H,8-10H2,1-4H3/t13-,16+,17+/m0/s1. The molecule has 0 aliphatic heterocycles. The van der Waals surface area contributed by atoms with Crippen molar-refractivity contribution in [3.63, 3.8) is 0 Å². The Kier molecular flexibility index (Phi) is 4.73. The molecule has 0 unspecified atom stereocenters. The van der Waals surface area contributed by atoms with E-state index in [0.717, 1.165) is 23.5 Å². The van der Waals surface area contributed by atoms with Crippen molar-refractivity contribution in [2.45, 2.75) is 46.1 Å². The van der Waals surface area contributed by atoms with Crippen molar-refractivity contribution in [2.24, 2.45) is 17.8 Å². The molecule has 2 rings (SSSR count). The van der Waals surface area contributed by atoms with Crippen LogP contribution in [0.5, 0.6) is 5.75 Å². The average Bonchev–Trinajstić information content (AvgIpc) is 2.38. The number of hydrogen-bond donors (Lipinski definition) is 1. The van der Waals surface area contributed by atoms with E-state index < -0.39 is 0 Å². The van der Waals surface area contributed by atoms with Crippen LogP contribution in [0.3, 0.4) is 0 Å². The number of anilines is 1. The molecule has 0 heterocycles. The molecule has 0 aromatic heterocycles. The smallest absolute Gasteiger partial charge is 0.120 e. The third-order valence-corrected chi connectivity index (χ3v) is 4.44. The van der Waals surface area contributed by atoms with Crippen LogP contribution in [0.4, 0.5) is 5.69 Å². The van der Waals surface area contributed by atoms with Crippen LogP contribution < -0.4 is 10.1 Å². The molecule has 1 aliphatic rings. The lowest BCUT2D eigenvalue weighted by Crippen LogP contribution is -2.37. The number of benzene rings is 1. The van der Waals surface area contributed by atoms with Gasteiger partial charge in [-0.3, -0.25) is 0 Å². The van der Waals surface area contributed by atoms with Crippen molar-refractivity contribution in [2.75, 3.05) is 12.4 Å². The van der Waals surface area contributed by atoms with Gasteiger partial charge in [-0.15, -0.1) is 0 Å². The zero-order chi connectivity index (χ0) is 13.8. The first kappa shape index (κ1) is 14.2. The van der Waals surface area contributed by atoms with Gasteiger partial charge in [-0.25, -0.2) is 0 Å². The third-order valence-electron chi connectivity index (χ3n) is 4.44. The van der Waals surface area contributed by atoms with E-state index in [4.69, 9.17) is 4.74 Å². The maximum absolute atomic E-state index is 5.30. The highest BCUT2D eigenvalue weighted by Crippen LogP contribution is 2.35. The summed E-state index contributed by atoms with van der Waals surface area (Å²) in [6, 6.07) is 8.87. The molecule has 1 aromatic carbocycles. The highest BCUT2D eigenvalue weighted by Gasteiger charge is 2.30. The van der Waals surface area contributed by atoms with Gasteiger partial charge in [0.25, 0.3) is 0 Å². The number of methoxy groups -OCH3 is 1. The van der Waals surface area contributed by atoms with E-state index in [2.05, 4.69) is 44.3 Å². The van der Waals surface area contributed by atoms with Crippen molar-refractivity contribution in [3.8, 4) is 5.75 Å². The molecule has 0 amide bonds. The number of rotatable bonds is 4. The van der Waals surface area contributed by atoms with Crippen LogP contribution in [0.2, 0.25) is 0 Å². The Hall–Kier alpha value is -1.18. The zero-order valence-electron chi connectivity index (χ0n) is 12.6. The Bertz CT molecular complexity index is 402. The lowest BCUT2D eigenvalue weighted by molar-refractivity contribution is 0.212. The Morgan fingerprint density at radius 2 is 2.05 bits per heavy atom. The lowest BCUT2D eigenvalue weighted by atomic mass is 9.74. The summed E-state index contributed by atoms with van der Waals surface area (Å²) in [6.45, 7) is 7.07. The Balaban J connectivity index is 2.09. The summed E-state index contributed by atoms with van der Waals surface area (Å²) >= 11 is 0. The topological polar surface area (TPSA) is 21.3 Å². The highest BCUT2D eigenvalue weighted by molar-refractivity contribution is 5.49. The van der Waals surface area contributed by atoms with Crippen LogP contribution >= 0.6 is 0 Å². The van der Waals surface area contributed by atoms with E-state index in [9.17, 15) is 0 Å². The number of hydrogen-bond acceptors (Lipinski definition) is 2. The van der Waals surface area contributed by atoms with Gasteiger partial charge in [-0.1, -0.05) is 33.3 Å². The average molecular weight is 261 g/mol. The molecule has 19 heavy (non-hydrogen) atoms. The second kappa shape index (κ2) is 6.31. The van der Waals surface area contributed by atoms with Gasteiger partial charge in [-0.2, -0.15) is 0 Å². The van der Waals surface area contributed by atoms with E-state index in [0.29, 0.717) is 6.04 Å². The van der Waals surface area contributed by atoms with Gasteiger partial charge in [0, 0.05) is 17.8 Å². The molecule has 1 aliphatic carbocycles. The van der Waals surface area contributed by atoms with E-state index >= 15 is 0 Å². The van der Waals surface area contributed by atoms with Crippen molar-refractivity contribution < 1.29 is 4.74 Å². The molecule has 2 nitrogen and oxygen atoms in total. The molecule has 2 heteroatoms. The molecule has 1 aromatic rings. The zero-order valence-corrected chi connectivity index (χ0v) is 12.6. The molecular formula is C17H27NO. The van der Waals surface area contributed by atoms with Gasteiger partial charge >= 0.3 is 0 Å². The van der Waals surface area contributed by atoms with Gasteiger partial charge in [-0.05, 0) is 42.7 Å². The van der Waals surface area contributed by atoms with E-state index in [-0.39, 0.29) is 0 Å². The summed E-state index contributed by atoms with van der Waals surface area (Å²) < 4.78 is 5.30. The van der Waals surface area contributed by atoms with Crippen LogP contribution in [0, 0.1) is 17.8 Å². The Morgan fingerprint density at radius 3 is 2.74 bits per heavy atom. The Morgan fingerprint density at radius 1 is 1.26 bits per heavy atom. The molecule has 0 radical (unpaired) electrons. The van der Waals surface area contributed by atoms with Crippen molar-refractivity contribution in [1.29, 1.82) is 0 Å². The lowest BCUT2D eigenvalue weighted by Gasteiger charge is -2.38. The van der Waals surface area contributed by atoms with Gasteiger partial charge < -0.3 is 10.1 Å². The van der Waals surface area contributed by atoms with Gasteiger partial charge in [0.15, 0.2) is 0 Å². The molecule has 0 saturated heterocycles. The van der Waals surface area contributed by atoms with Crippen LogP contribution in [0.1, 0.15) is 40.0 Å². The summed E-state index contributed by atoms with van der Waals surface area (Å²) in [7, 11) is 1.72. The Labute approximate surface area is 117 Å². The minimum Gasteiger partial charge on any atom is -0.497 e. The van der Waals surface area contributed by atoms with Crippen LogP contribution in [-0.2, 0) is 0 Å². The fraction of sp³-hybridized carbons (Fsp3) is 0.647. The van der Waals surface area contributed by atoms with Crippen molar-refractivity contribution in [3.05, 3.63) is 24.3 Å². The van der Waals surface area contributed by atoms with Crippen LogP contribution in [0.15, 0.2) is 24.3 Å². The summed E-state index contributed by atoms with van der Waals surface area (Å²) in [4.78, 5) is 0. The largest absolute Gasteiger partial charge is 0.497 e. The molecule has 1 fully saturated rings. The first-order valence-corrected chi connectivity index (χ1v) is 7.50. The fourth-order valence-corrected chi connectivity index (χ4v) is 3.30. The molecular weight excluding hydrogens is 234 g/mol. The predicted octanol–water partition coefficient (Wildman–Crippen LogP) is 4.57.